The maximum Gasteiger partial charge on any atom is 0.257 e. The van der Waals surface area contributed by atoms with E-state index in [0.29, 0.717) is 11.3 Å². The molecule has 2 rings (SSSR count). The van der Waals surface area contributed by atoms with Crippen LogP contribution in [-0.2, 0) is 0 Å². The van der Waals surface area contributed by atoms with E-state index in [2.05, 4.69) is 31.2 Å². The van der Waals surface area contributed by atoms with Crippen molar-refractivity contribution in [3.8, 4) is 0 Å². The molecule has 0 spiro atoms. The number of nitrogens with one attached hydrogen (secondary N) is 1. The van der Waals surface area contributed by atoms with Crippen LogP contribution in [0.15, 0.2) is 35.1 Å². The fraction of sp³-hybridized carbons (Fsp3) is 0.154. The summed E-state index contributed by atoms with van der Waals surface area (Å²) < 4.78 is 0.730. The molecule has 5 heteroatoms. The summed E-state index contributed by atoms with van der Waals surface area (Å²) in [5, 5.41) is 2.78. The molecule has 0 bridgehead atoms. The van der Waals surface area contributed by atoms with E-state index in [1.54, 1.807) is 24.4 Å². The molecular formula is C13H12BrN3O. The summed E-state index contributed by atoms with van der Waals surface area (Å²) >= 11 is 3.24. The highest BCUT2D eigenvalue weighted by molar-refractivity contribution is 9.10. The van der Waals surface area contributed by atoms with Crippen LogP contribution in [0, 0.1) is 13.8 Å². The largest absolute Gasteiger partial charge is 0.321 e. The van der Waals surface area contributed by atoms with Gasteiger partial charge < -0.3 is 5.32 Å². The minimum absolute atomic E-state index is 0.177. The molecule has 0 unspecified atom stereocenters. The number of hydrogen-bond acceptors (Lipinski definition) is 3. The van der Waals surface area contributed by atoms with E-state index < -0.39 is 0 Å². The van der Waals surface area contributed by atoms with Gasteiger partial charge in [0.05, 0.1) is 23.1 Å². The third kappa shape index (κ3) is 2.92. The van der Waals surface area contributed by atoms with Crippen LogP contribution in [0.5, 0.6) is 0 Å². The van der Waals surface area contributed by atoms with E-state index in [1.165, 1.54) is 0 Å². The van der Waals surface area contributed by atoms with Gasteiger partial charge in [-0.15, -0.1) is 0 Å². The van der Waals surface area contributed by atoms with Crippen molar-refractivity contribution in [1.82, 2.24) is 9.97 Å². The van der Waals surface area contributed by atoms with Crippen LogP contribution in [-0.4, -0.2) is 15.9 Å². The van der Waals surface area contributed by atoms with Crippen LogP contribution in [0.4, 0.5) is 5.69 Å². The molecule has 2 aromatic rings. The topological polar surface area (TPSA) is 54.9 Å². The summed E-state index contributed by atoms with van der Waals surface area (Å²) in [6.45, 7) is 3.72. The first-order chi connectivity index (χ1) is 8.56. The molecule has 4 nitrogen and oxygen atoms in total. The fourth-order valence-electron chi connectivity index (χ4n) is 1.57. The molecule has 1 N–H and O–H groups in total. The first-order valence-corrected chi connectivity index (χ1v) is 6.23. The van der Waals surface area contributed by atoms with Gasteiger partial charge in [-0.25, -0.2) is 4.98 Å². The lowest BCUT2D eigenvalue weighted by Crippen LogP contribution is -2.14. The van der Waals surface area contributed by atoms with E-state index in [9.17, 15) is 4.79 Å². The van der Waals surface area contributed by atoms with E-state index in [1.807, 2.05) is 19.9 Å². The van der Waals surface area contributed by atoms with Gasteiger partial charge in [-0.3, -0.25) is 9.78 Å². The van der Waals surface area contributed by atoms with Gasteiger partial charge in [0.2, 0.25) is 0 Å². The summed E-state index contributed by atoms with van der Waals surface area (Å²) in [4.78, 5) is 20.4. The first-order valence-electron chi connectivity index (χ1n) is 5.43. The third-order valence-corrected chi connectivity index (χ3v) is 2.92. The van der Waals surface area contributed by atoms with Crippen LogP contribution in [0.3, 0.4) is 0 Å². The molecular weight excluding hydrogens is 294 g/mol. The van der Waals surface area contributed by atoms with Crippen molar-refractivity contribution >= 4 is 27.5 Å². The predicted octanol–water partition coefficient (Wildman–Crippen LogP) is 3.11. The Balaban J connectivity index is 2.19. The number of pyridine rings is 2. The highest BCUT2D eigenvalue weighted by Crippen LogP contribution is 2.13. The maximum atomic E-state index is 12.0. The lowest BCUT2D eigenvalue weighted by molar-refractivity contribution is 0.102. The minimum atomic E-state index is -0.177. The van der Waals surface area contributed by atoms with Crippen LogP contribution in [0.2, 0.25) is 0 Å². The molecule has 0 atom stereocenters. The number of carbonyl (C=O) groups excluding carboxylic acids is 1. The average molecular weight is 306 g/mol. The average Bonchev–Trinajstić information content (AvgIpc) is 2.32. The first kappa shape index (κ1) is 12.7. The molecule has 0 aliphatic rings. The Morgan fingerprint density at radius 2 is 2.00 bits per heavy atom. The Bertz CT molecular complexity index is 581. The van der Waals surface area contributed by atoms with Gasteiger partial charge in [-0.2, -0.15) is 0 Å². The second-order valence-corrected chi connectivity index (χ2v) is 4.72. The molecule has 0 saturated heterocycles. The molecule has 2 aromatic heterocycles. The van der Waals surface area contributed by atoms with Crippen LogP contribution < -0.4 is 5.32 Å². The Kier molecular flexibility index (Phi) is 3.72. The molecule has 1 amide bonds. The quantitative estimate of drug-likeness (QED) is 0.867. The second-order valence-electron chi connectivity index (χ2n) is 3.91. The van der Waals surface area contributed by atoms with Crippen molar-refractivity contribution in [2.75, 3.05) is 5.32 Å². The third-order valence-electron chi connectivity index (χ3n) is 2.45. The molecule has 0 radical (unpaired) electrons. The number of aromatic nitrogens is 2. The zero-order chi connectivity index (χ0) is 13.1. The highest BCUT2D eigenvalue weighted by atomic mass is 79.9. The van der Waals surface area contributed by atoms with Crippen LogP contribution in [0.25, 0.3) is 0 Å². The van der Waals surface area contributed by atoms with Gasteiger partial charge >= 0.3 is 0 Å². The second kappa shape index (κ2) is 5.27. The van der Waals surface area contributed by atoms with Crippen LogP contribution in [0.1, 0.15) is 21.7 Å². The van der Waals surface area contributed by atoms with Gasteiger partial charge in [-0.05, 0) is 54.0 Å². The van der Waals surface area contributed by atoms with Crippen molar-refractivity contribution in [2.45, 2.75) is 13.8 Å². The van der Waals surface area contributed by atoms with E-state index in [-0.39, 0.29) is 5.91 Å². The van der Waals surface area contributed by atoms with Gasteiger partial charge in [-0.1, -0.05) is 0 Å². The summed E-state index contributed by atoms with van der Waals surface area (Å²) in [5.41, 5.74) is 2.85. The number of carbonyl (C=O) groups is 1. The standard InChI is InChI=1S/C13H12BrN3O/c1-8-3-5-11(9(2)16-8)13(18)17-10-4-6-12(14)15-7-10/h3-7H,1-2H3,(H,17,18). The van der Waals surface area contributed by atoms with Gasteiger partial charge in [0, 0.05) is 5.69 Å². The summed E-state index contributed by atoms with van der Waals surface area (Å²) in [5.74, 6) is -0.177. The number of rotatable bonds is 2. The van der Waals surface area contributed by atoms with Gasteiger partial charge in [0.25, 0.3) is 5.91 Å². The smallest absolute Gasteiger partial charge is 0.257 e. The molecule has 92 valence electrons. The van der Waals surface area contributed by atoms with Crippen molar-refractivity contribution in [1.29, 1.82) is 0 Å². The Labute approximate surface area is 114 Å². The number of halogens is 1. The van der Waals surface area contributed by atoms with E-state index >= 15 is 0 Å². The summed E-state index contributed by atoms with van der Waals surface area (Å²) in [6.07, 6.45) is 1.60. The van der Waals surface area contributed by atoms with Gasteiger partial charge in [0.1, 0.15) is 4.60 Å². The molecule has 0 aliphatic carbocycles. The number of hydrogen-bond donors (Lipinski definition) is 1. The van der Waals surface area contributed by atoms with Gasteiger partial charge in [0.15, 0.2) is 0 Å². The van der Waals surface area contributed by atoms with Crippen molar-refractivity contribution in [2.24, 2.45) is 0 Å². The Morgan fingerprint density at radius 3 is 2.61 bits per heavy atom. The number of amides is 1. The van der Waals surface area contributed by atoms with Crippen LogP contribution >= 0.6 is 15.9 Å². The highest BCUT2D eigenvalue weighted by Gasteiger charge is 2.10. The zero-order valence-corrected chi connectivity index (χ0v) is 11.7. The minimum Gasteiger partial charge on any atom is -0.321 e. The lowest BCUT2D eigenvalue weighted by Gasteiger charge is -2.07. The van der Waals surface area contributed by atoms with E-state index in [0.717, 1.165) is 16.0 Å². The Hall–Kier alpha value is -1.75. The number of anilines is 1. The zero-order valence-electron chi connectivity index (χ0n) is 10.1. The summed E-state index contributed by atoms with van der Waals surface area (Å²) in [7, 11) is 0. The molecule has 0 aromatic carbocycles. The van der Waals surface area contributed by atoms with Crippen molar-refractivity contribution in [3.05, 3.63) is 52.0 Å². The van der Waals surface area contributed by atoms with Crippen molar-refractivity contribution < 1.29 is 4.79 Å². The molecule has 0 aliphatic heterocycles. The number of aryl methyl sites for hydroxylation is 2. The molecule has 0 saturated carbocycles. The molecule has 0 fully saturated rings. The number of nitrogens with zero attached hydrogens (tertiary/aromatic N) is 2. The lowest BCUT2D eigenvalue weighted by atomic mass is 10.1. The predicted molar refractivity (Wildman–Crippen MR) is 73.6 cm³/mol. The summed E-state index contributed by atoms with van der Waals surface area (Å²) in [6, 6.07) is 7.16. The normalized spacial score (nSPS) is 10.2. The SMILES string of the molecule is Cc1ccc(C(=O)Nc2ccc(Br)nc2)c(C)n1. The Morgan fingerprint density at radius 1 is 1.22 bits per heavy atom. The maximum absolute atomic E-state index is 12.0. The van der Waals surface area contributed by atoms with Crippen molar-refractivity contribution in [3.63, 3.8) is 0 Å². The molecule has 18 heavy (non-hydrogen) atoms. The molecule has 2 heterocycles. The van der Waals surface area contributed by atoms with E-state index in [4.69, 9.17) is 0 Å². The fourth-order valence-corrected chi connectivity index (χ4v) is 1.81. The monoisotopic (exact) mass is 305 g/mol.